The van der Waals surface area contributed by atoms with Gasteiger partial charge < -0.3 is 9.64 Å². The molecule has 0 aliphatic carbocycles. The minimum Gasteiger partial charge on any atom is -0.445 e. The number of aromatic nitrogens is 3. The highest BCUT2D eigenvalue weighted by Gasteiger charge is 2.34. The van der Waals surface area contributed by atoms with Gasteiger partial charge in [0.05, 0.1) is 17.9 Å². The monoisotopic (exact) mass is 480 g/mol. The molecule has 4 aromatic rings. The molecule has 1 aromatic heterocycles. The molecule has 1 atom stereocenters. The summed E-state index contributed by atoms with van der Waals surface area (Å²) in [5.74, 6) is 0.664. The highest BCUT2D eigenvalue weighted by molar-refractivity contribution is 6.20. The number of aliphatic imine (C=N–C) groups is 1. The fraction of sp³-hybridized carbons (Fsp3) is 0.148. The van der Waals surface area contributed by atoms with E-state index in [2.05, 4.69) is 20.5 Å². The van der Waals surface area contributed by atoms with Crippen LogP contribution in [0.2, 0.25) is 0 Å². The lowest BCUT2D eigenvalue weighted by molar-refractivity contribution is -0.120. The number of H-pyrrole nitrogens is 1. The maximum atomic E-state index is 13.8. The van der Waals surface area contributed by atoms with Crippen LogP contribution in [0.15, 0.2) is 89.9 Å². The molecule has 0 radical (unpaired) electrons. The molecule has 1 aliphatic rings. The van der Waals surface area contributed by atoms with Gasteiger partial charge in [-0.2, -0.15) is 5.10 Å². The van der Waals surface area contributed by atoms with Crippen LogP contribution in [0, 0.1) is 6.92 Å². The lowest BCUT2D eigenvalue weighted by Gasteiger charge is -2.24. The number of hydrogen-bond acceptors (Lipinski definition) is 6. The van der Waals surface area contributed by atoms with E-state index in [0.29, 0.717) is 23.0 Å². The van der Waals surface area contributed by atoms with Crippen molar-refractivity contribution in [1.29, 1.82) is 0 Å². The molecular formula is C27H24N6O3. The Morgan fingerprint density at radius 2 is 1.69 bits per heavy atom. The maximum Gasteiger partial charge on any atom is 0.409 e. The molecular weight excluding hydrogens is 456 g/mol. The van der Waals surface area contributed by atoms with Gasteiger partial charge in [0.1, 0.15) is 12.4 Å². The Bertz CT molecular complexity index is 1400. The Balaban J connectivity index is 1.50. The van der Waals surface area contributed by atoms with Crippen molar-refractivity contribution in [1.82, 2.24) is 20.5 Å². The number of benzodiazepines with no additional fused rings is 1. The maximum absolute atomic E-state index is 13.8. The molecule has 0 fully saturated rings. The first-order valence-electron chi connectivity index (χ1n) is 11.5. The fourth-order valence-electron chi connectivity index (χ4n) is 3.99. The van der Waals surface area contributed by atoms with Crippen molar-refractivity contribution in [2.24, 2.45) is 4.99 Å². The van der Waals surface area contributed by atoms with Gasteiger partial charge in [-0.25, -0.2) is 14.8 Å². The molecule has 1 unspecified atom stereocenters. The molecule has 5 rings (SSSR count). The first kappa shape index (κ1) is 23.0. The molecule has 0 saturated heterocycles. The Kier molecular flexibility index (Phi) is 6.53. The van der Waals surface area contributed by atoms with Crippen LogP contribution >= 0.6 is 0 Å². The highest BCUT2D eigenvalue weighted by Crippen LogP contribution is 2.29. The van der Waals surface area contributed by atoms with Crippen molar-refractivity contribution in [2.75, 3.05) is 4.90 Å². The summed E-state index contributed by atoms with van der Waals surface area (Å²) in [5, 5.41) is 9.65. The van der Waals surface area contributed by atoms with Gasteiger partial charge in [-0.15, -0.1) is 0 Å². The standard InChI is InChI=1S/C27H24N6O3/c1-18-28-23(32-31-18)16-33-22-15-9-8-14-21(22)24(20-12-6-3-7-13-20)29-25(26(33)34)30-27(35)36-17-19-10-4-2-5-11-19/h2-15,25H,16-17H2,1H3,(H,30,35)(H,28,31,32). The average molecular weight is 481 g/mol. The van der Waals surface area contributed by atoms with Gasteiger partial charge in [0, 0.05) is 11.1 Å². The van der Waals surface area contributed by atoms with Crippen LogP contribution < -0.4 is 10.2 Å². The van der Waals surface area contributed by atoms with Crippen molar-refractivity contribution >= 4 is 23.4 Å². The lowest BCUT2D eigenvalue weighted by Crippen LogP contribution is -2.47. The molecule has 2 amide bonds. The zero-order valence-corrected chi connectivity index (χ0v) is 19.6. The number of hydrogen-bond donors (Lipinski definition) is 2. The Morgan fingerprint density at radius 1 is 1.00 bits per heavy atom. The number of carbonyl (C=O) groups excluding carboxylic acids is 2. The number of fused-ring (bicyclic) bond motifs is 1. The number of anilines is 1. The van der Waals surface area contributed by atoms with Gasteiger partial charge >= 0.3 is 6.09 Å². The van der Waals surface area contributed by atoms with Gasteiger partial charge in [0.25, 0.3) is 5.91 Å². The van der Waals surface area contributed by atoms with Crippen LogP contribution in [-0.4, -0.2) is 39.1 Å². The normalized spacial score (nSPS) is 15.0. The van der Waals surface area contributed by atoms with E-state index in [1.54, 1.807) is 11.8 Å². The summed E-state index contributed by atoms with van der Waals surface area (Å²) in [6, 6.07) is 26.4. The summed E-state index contributed by atoms with van der Waals surface area (Å²) in [7, 11) is 0. The second-order valence-corrected chi connectivity index (χ2v) is 8.23. The quantitative estimate of drug-likeness (QED) is 0.437. The number of ether oxygens (including phenoxy) is 1. The number of nitrogens with one attached hydrogen (secondary N) is 2. The summed E-state index contributed by atoms with van der Waals surface area (Å²) in [4.78, 5) is 37.1. The number of alkyl carbamates (subject to hydrolysis) is 1. The van der Waals surface area contributed by atoms with Gasteiger partial charge in [0.15, 0.2) is 5.82 Å². The molecule has 180 valence electrons. The van der Waals surface area contributed by atoms with E-state index >= 15 is 0 Å². The number of aryl methyl sites for hydroxylation is 1. The fourth-order valence-corrected chi connectivity index (χ4v) is 3.99. The van der Waals surface area contributed by atoms with Crippen LogP contribution in [0.1, 0.15) is 28.3 Å². The van der Waals surface area contributed by atoms with Crippen molar-refractivity contribution in [3.8, 4) is 0 Å². The summed E-state index contributed by atoms with van der Waals surface area (Å²) >= 11 is 0. The topological polar surface area (TPSA) is 113 Å². The summed E-state index contributed by atoms with van der Waals surface area (Å²) in [5.41, 5.74) is 3.64. The summed E-state index contributed by atoms with van der Waals surface area (Å²) in [6.45, 7) is 1.97. The number of rotatable bonds is 6. The summed E-state index contributed by atoms with van der Waals surface area (Å²) in [6.07, 6.45) is -1.95. The van der Waals surface area contributed by atoms with Crippen LogP contribution in [-0.2, 0) is 22.7 Å². The van der Waals surface area contributed by atoms with Gasteiger partial charge in [-0.05, 0) is 18.6 Å². The molecule has 0 spiro atoms. The van der Waals surface area contributed by atoms with Crippen LogP contribution in [0.3, 0.4) is 0 Å². The van der Waals surface area contributed by atoms with Crippen molar-refractivity contribution in [2.45, 2.75) is 26.2 Å². The predicted octanol–water partition coefficient (Wildman–Crippen LogP) is 3.75. The van der Waals surface area contributed by atoms with Crippen molar-refractivity contribution in [3.05, 3.63) is 113 Å². The molecule has 3 aromatic carbocycles. The summed E-state index contributed by atoms with van der Waals surface area (Å²) < 4.78 is 5.38. The SMILES string of the molecule is Cc1nc(CN2C(=O)C(NC(=O)OCc3ccccc3)N=C(c3ccccc3)c3ccccc32)n[nH]1. The van der Waals surface area contributed by atoms with E-state index in [1.165, 1.54) is 0 Å². The lowest BCUT2D eigenvalue weighted by atomic mass is 10.0. The number of benzene rings is 3. The predicted molar refractivity (Wildman–Crippen MR) is 134 cm³/mol. The van der Waals surface area contributed by atoms with Crippen LogP contribution in [0.5, 0.6) is 0 Å². The first-order valence-corrected chi connectivity index (χ1v) is 11.5. The molecule has 1 aliphatic heterocycles. The van der Waals surface area contributed by atoms with Crippen LogP contribution in [0.25, 0.3) is 0 Å². The molecule has 0 bridgehead atoms. The minimum absolute atomic E-state index is 0.0727. The van der Waals surface area contributed by atoms with E-state index in [4.69, 9.17) is 9.73 Å². The Labute approximate surface area is 207 Å². The molecule has 2 heterocycles. The highest BCUT2D eigenvalue weighted by atomic mass is 16.5. The van der Waals surface area contributed by atoms with Gasteiger partial charge in [-0.1, -0.05) is 78.9 Å². The largest absolute Gasteiger partial charge is 0.445 e. The average Bonchev–Trinajstić information content (AvgIpc) is 3.29. The molecule has 36 heavy (non-hydrogen) atoms. The Morgan fingerprint density at radius 3 is 2.42 bits per heavy atom. The number of nitrogens with zero attached hydrogens (tertiary/aromatic N) is 4. The Hall–Kier alpha value is -4.79. The smallest absolute Gasteiger partial charge is 0.409 e. The van der Waals surface area contributed by atoms with E-state index in [9.17, 15) is 9.59 Å². The second-order valence-electron chi connectivity index (χ2n) is 8.23. The van der Waals surface area contributed by atoms with Crippen LogP contribution in [0.4, 0.5) is 10.5 Å². The molecule has 0 saturated carbocycles. The third-order valence-corrected chi connectivity index (χ3v) is 5.67. The van der Waals surface area contributed by atoms with E-state index in [-0.39, 0.29) is 13.2 Å². The second kappa shape index (κ2) is 10.2. The first-order chi connectivity index (χ1) is 17.6. The third kappa shape index (κ3) is 5.00. The molecule has 9 nitrogen and oxygen atoms in total. The van der Waals surface area contributed by atoms with Crippen molar-refractivity contribution < 1.29 is 14.3 Å². The third-order valence-electron chi connectivity index (χ3n) is 5.67. The van der Waals surface area contributed by atoms with Crippen molar-refractivity contribution in [3.63, 3.8) is 0 Å². The zero-order valence-electron chi connectivity index (χ0n) is 19.6. The van der Waals surface area contributed by atoms with E-state index < -0.39 is 18.2 Å². The van der Waals surface area contributed by atoms with E-state index in [0.717, 1.165) is 16.7 Å². The minimum atomic E-state index is -1.21. The van der Waals surface area contributed by atoms with E-state index in [1.807, 2.05) is 84.9 Å². The van der Waals surface area contributed by atoms with Gasteiger partial charge in [0.2, 0.25) is 6.17 Å². The molecule has 9 heteroatoms. The molecule has 2 N–H and O–H groups in total. The number of amides is 2. The number of aromatic amines is 1. The number of carbonyl (C=O) groups is 2. The number of para-hydroxylation sites is 1. The zero-order chi connectivity index (χ0) is 24.9. The van der Waals surface area contributed by atoms with Gasteiger partial charge in [-0.3, -0.25) is 15.2 Å².